The Morgan fingerprint density at radius 2 is 1.97 bits per heavy atom. The van der Waals surface area contributed by atoms with Gasteiger partial charge in [-0.1, -0.05) is 6.07 Å². The van der Waals surface area contributed by atoms with Crippen molar-refractivity contribution in [3.63, 3.8) is 0 Å². The van der Waals surface area contributed by atoms with Gasteiger partial charge in [0, 0.05) is 61.4 Å². The fraction of sp³-hybridized carbons (Fsp3) is 0.360. The average molecular weight is 491 g/mol. The van der Waals surface area contributed by atoms with Crippen LogP contribution in [0.3, 0.4) is 0 Å². The smallest absolute Gasteiger partial charge is 0.273 e. The Morgan fingerprint density at radius 1 is 1.14 bits per heavy atom. The molecule has 5 rings (SSSR count). The first-order valence-electron chi connectivity index (χ1n) is 11.8. The lowest BCUT2D eigenvalue weighted by Gasteiger charge is -2.31. The second kappa shape index (κ2) is 10.3. The fourth-order valence-electron chi connectivity index (χ4n) is 4.36. The van der Waals surface area contributed by atoms with Crippen LogP contribution in [0.5, 0.6) is 0 Å². The number of fused-ring (bicyclic) bond motifs is 1. The number of hydrogen-bond donors (Lipinski definition) is 0. The minimum absolute atomic E-state index is 0.0187. The topological polar surface area (TPSA) is 105 Å². The number of piperidine rings is 1. The molecule has 10 heteroatoms. The van der Waals surface area contributed by atoms with Crippen LogP contribution in [0.4, 0.5) is 0 Å². The van der Waals surface area contributed by atoms with Crippen molar-refractivity contribution in [3.05, 3.63) is 69.9 Å². The van der Waals surface area contributed by atoms with Gasteiger partial charge in [0.1, 0.15) is 16.7 Å². The summed E-state index contributed by atoms with van der Waals surface area (Å²) in [5, 5.41) is 10.4. The first-order valence-corrected chi connectivity index (χ1v) is 12.7. The van der Waals surface area contributed by atoms with Crippen LogP contribution in [-0.4, -0.2) is 68.1 Å². The van der Waals surface area contributed by atoms with Crippen LogP contribution >= 0.6 is 11.3 Å². The number of hydrogen-bond acceptors (Lipinski definition) is 8. The van der Waals surface area contributed by atoms with E-state index in [2.05, 4.69) is 15.3 Å². The largest absolute Gasteiger partial charge is 0.339 e. The molecule has 0 aliphatic carbocycles. The minimum atomic E-state index is -0.0451. The number of amides is 2. The second-order valence-electron chi connectivity index (χ2n) is 8.56. The molecule has 35 heavy (non-hydrogen) atoms. The van der Waals surface area contributed by atoms with Crippen LogP contribution in [0.15, 0.2) is 52.6 Å². The molecule has 3 aromatic heterocycles. The predicted octanol–water partition coefficient (Wildman–Crippen LogP) is 3.80. The first-order chi connectivity index (χ1) is 17.1. The summed E-state index contributed by atoms with van der Waals surface area (Å²) in [4.78, 5) is 38.7. The molecule has 9 nitrogen and oxygen atoms in total. The number of thiazole rings is 1. The van der Waals surface area contributed by atoms with E-state index in [1.54, 1.807) is 24.4 Å². The highest BCUT2D eigenvalue weighted by atomic mass is 32.1. The molecule has 2 amide bonds. The molecule has 0 spiro atoms. The number of carbonyl (C=O) groups is 2. The summed E-state index contributed by atoms with van der Waals surface area (Å²) in [5.74, 6) is 0.183. The average Bonchev–Trinajstić information content (AvgIpc) is 3.59. The third kappa shape index (κ3) is 5.07. The van der Waals surface area contributed by atoms with Gasteiger partial charge in [-0.25, -0.2) is 9.61 Å². The van der Waals surface area contributed by atoms with Gasteiger partial charge in [0.25, 0.3) is 11.8 Å². The zero-order valence-electron chi connectivity index (χ0n) is 19.5. The van der Waals surface area contributed by atoms with Crippen molar-refractivity contribution in [3.8, 4) is 0 Å². The highest BCUT2D eigenvalue weighted by molar-refractivity contribution is 7.09. The molecule has 0 radical (unpaired) electrons. The van der Waals surface area contributed by atoms with Crippen LogP contribution in [0.1, 0.15) is 57.2 Å². The fourth-order valence-corrected chi connectivity index (χ4v) is 5.33. The van der Waals surface area contributed by atoms with Gasteiger partial charge in [-0.3, -0.25) is 14.6 Å². The van der Waals surface area contributed by atoms with Gasteiger partial charge in [0.2, 0.25) is 0 Å². The number of pyridine rings is 1. The van der Waals surface area contributed by atoms with Crippen LogP contribution in [-0.2, 0) is 6.42 Å². The Morgan fingerprint density at radius 3 is 2.74 bits per heavy atom. The molecular weight excluding hydrogens is 464 g/mol. The van der Waals surface area contributed by atoms with E-state index in [0.29, 0.717) is 54.9 Å². The standard InChI is InChI=1S/C25H26N6O3S/c1-2-30(14-10-19-5-3-4-11-26-19)25(33)22-16-35-23(27-22)17-8-12-31(13-9-17)24(32)18-6-7-20-21(15-18)29-34-28-20/h3-7,11,15-17H,2,8-10,12-14H2,1H3. The summed E-state index contributed by atoms with van der Waals surface area (Å²) in [6.07, 6.45) is 4.12. The van der Waals surface area contributed by atoms with E-state index >= 15 is 0 Å². The Hall–Kier alpha value is -3.66. The summed E-state index contributed by atoms with van der Waals surface area (Å²) in [6, 6.07) is 11.0. The second-order valence-corrected chi connectivity index (χ2v) is 9.45. The normalized spacial score (nSPS) is 14.4. The van der Waals surface area contributed by atoms with E-state index in [4.69, 9.17) is 9.61 Å². The van der Waals surface area contributed by atoms with E-state index in [9.17, 15) is 9.59 Å². The van der Waals surface area contributed by atoms with Crippen LogP contribution < -0.4 is 0 Å². The van der Waals surface area contributed by atoms with Gasteiger partial charge in [0.05, 0.1) is 5.01 Å². The lowest BCUT2D eigenvalue weighted by atomic mass is 9.97. The highest BCUT2D eigenvalue weighted by Crippen LogP contribution is 2.31. The Bertz CT molecular complexity index is 1310. The first kappa shape index (κ1) is 23.1. The number of nitrogens with zero attached hydrogens (tertiary/aromatic N) is 6. The maximum atomic E-state index is 13.0. The molecule has 180 valence electrons. The molecule has 1 saturated heterocycles. The van der Waals surface area contributed by atoms with Crippen molar-refractivity contribution in [2.45, 2.75) is 32.1 Å². The summed E-state index contributed by atoms with van der Waals surface area (Å²) < 4.78 is 4.72. The van der Waals surface area contributed by atoms with Crippen LogP contribution in [0.2, 0.25) is 0 Å². The zero-order chi connectivity index (χ0) is 24.2. The molecule has 0 saturated carbocycles. The van der Waals surface area contributed by atoms with E-state index in [1.165, 1.54) is 11.3 Å². The van der Waals surface area contributed by atoms with Gasteiger partial charge in [-0.2, -0.15) is 0 Å². The van der Waals surface area contributed by atoms with Crippen molar-refractivity contribution >= 4 is 34.2 Å². The van der Waals surface area contributed by atoms with Crippen molar-refractivity contribution in [1.82, 2.24) is 30.1 Å². The SMILES string of the molecule is CCN(CCc1ccccn1)C(=O)c1csc(C2CCN(C(=O)c3ccc4nonc4c3)CC2)n1. The summed E-state index contributed by atoms with van der Waals surface area (Å²) in [7, 11) is 0. The van der Waals surface area contributed by atoms with Gasteiger partial charge >= 0.3 is 0 Å². The molecule has 0 bridgehead atoms. The minimum Gasteiger partial charge on any atom is -0.339 e. The summed E-state index contributed by atoms with van der Waals surface area (Å²) in [6.45, 7) is 4.50. The monoisotopic (exact) mass is 490 g/mol. The molecule has 1 aliphatic rings. The third-order valence-corrected chi connectivity index (χ3v) is 7.41. The maximum Gasteiger partial charge on any atom is 0.273 e. The zero-order valence-corrected chi connectivity index (χ0v) is 20.3. The van der Waals surface area contributed by atoms with Crippen molar-refractivity contribution in [2.24, 2.45) is 0 Å². The quantitative estimate of drug-likeness (QED) is 0.388. The van der Waals surface area contributed by atoms with Crippen molar-refractivity contribution in [1.29, 1.82) is 0 Å². The molecular formula is C25H26N6O3S. The third-order valence-electron chi connectivity index (χ3n) is 6.41. The van der Waals surface area contributed by atoms with E-state index < -0.39 is 0 Å². The molecule has 0 atom stereocenters. The number of benzene rings is 1. The lowest BCUT2D eigenvalue weighted by molar-refractivity contribution is 0.0713. The molecule has 4 aromatic rings. The summed E-state index contributed by atoms with van der Waals surface area (Å²) >= 11 is 1.54. The molecule has 4 heterocycles. The van der Waals surface area contributed by atoms with Crippen LogP contribution in [0, 0.1) is 0 Å². The molecule has 0 unspecified atom stereocenters. The lowest BCUT2D eigenvalue weighted by Crippen LogP contribution is -2.38. The number of aromatic nitrogens is 4. The Kier molecular flexibility index (Phi) is 6.80. The molecule has 1 aromatic carbocycles. The van der Waals surface area contributed by atoms with Gasteiger partial charge in [-0.15, -0.1) is 11.3 Å². The van der Waals surface area contributed by atoms with Crippen molar-refractivity contribution in [2.75, 3.05) is 26.2 Å². The predicted molar refractivity (Wildman–Crippen MR) is 131 cm³/mol. The molecule has 0 N–H and O–H groups in total. The van der Waals surface area contributed by atoms with E-state index in [-0.39, 0.29) is 17.7 Å². The van der Waals surface area contributed by atoms with E-state index in [0.717, 1.165) is 23.5 Å². The number of likely N-dealkylation sites (N-methyl/N-ethyl adjacent to an activating group) is 1. The maximum absolute atomic E-state index is 13.0. The van der Waals surface area contributed by atoms with Gasteiger partial charge in [-0.05, 0) is 60.4 Å². The van der Waals surface area contributed by atoms with Crippen molar-refractivity contribution < 1.29 is 14.2 Å². The Balaban J connectivity index is 1.17. The summed E-state index contributed by atoms with van der Waals surface area (Å²) in [5.41, 5.74) is 3.26. The van der Waals surface area contributed by atoms with Gasteiger partial charge < -0.3 is 9.80 Å². The Labute approximate surface area is 206 Å². The molecule has 1 fully saturated rings. The number of likely N-dealkylation sites (tertiary alicyclic amines) is 1. The molecule has 1 aliphatic heterocycles. The van der Waals surface area contributed by atoms with Crippen LogP contribution in [0.25, 0.3) is 11.0 Å². The number of carbonyl (C=O) groups excluding carboxylic acids is 2. The number of rotatable bonds is 7. The highest BCUT2D eigenvalue weighted by Gasteiger charge is 2.28. The van der Waals surface area contributed by atoms with E-state index in [1.807, 2.05) is 40.3 Å². The van der Waals surface area contributed by atoms with Gasteiger partial charge in [0.15, 0.2) is 0 Å².